The molecule has 0 amide bonds. The van der Waals surface area contributed by atoms with Crippen molar-refractivity contribution in [1.82, 2.24) is 9.97 Å². The van der Waals surface area contributed by atoms with Crippen LogP contribution in [0, 0.1) is 0 Å². The predicted octanol–water partition coefficient (Wildman–Crippen LogP) is 2.26. The van der Waals surface area contributed by atoms with Gasteiger partial charge in [0.15, 0.2) is 0 Å². The van der Waals surface area contributed by atoms with Gasteiger partial charge in [-0.05, 0) is 12.1 Å². The molecule has 4 rings (SSSR count). The minimum atomic E-state index is -0.466. The molecule has 2 aliphatic heterocycles. The zero-order chi connectivity index (χ0) is 15.2. The second-order valence-electron chi connectivity index (χ2n) is 5.54. The summed E-state index contributed by atoms with van der Waals surface area (Å²) >= 11 is 0. The number of hydrogen-bond acceptors (Lipinski definition) is 5. The fraction of sp³-hybridized carbons (Fsp3) is 0.375. The van der Waals surface area contributed by atoms with Crippen LogP contribution in [0.3, 0.4) is 0 Å². The summed E-state index contributed by atoms with van der Waals surface area (Å²) in [6, 6.07) is 3.73. The first-order valence-electron chi connectivity index (χ1n) is 7.26. The van der Waals surface area contributed by atoms with Gasteiger partial charge < -0.3 is 19.2 Å². The zero-order valence-electron chi connectivity index (χ0n) is 12.2. The number of aromatic nitrogens is 2. The van der Waals surface area contributed by atoms with Crippen LogP contribution in [0.4, 0.5) is 0 Å². The molecule has 22 heavy (non-hydrogen) atoms. The lowest BCUT2D eigenvalue weighted by Crippen LogP contribution is -2.41. The van der Waals surface area contributed by atoms with E-state index in [1.165, 1.54) is 7.11 Å². The number of methoxy groups -OCH3 is 1. The summed E-state index contributed by atoms with van der Waals surface area (Å²) in [6.07, 6.45) is 4.92. The van der Waals surface area contributed by atoms with Gasteiger partial charge in [0.2, 0.25) is 0 Å². The molecule has 114 valence electrons. The minimum Gasteiger partial charge on any atom is -0.480 e. The van der Waals surface area contributed by atoms with E-state index in [1.807, 2.05) is 12.1 Å². The molecule has 0 saturated carbocycles. The number of carbonyl (C=O) groups is 1. The maximum atomic E-state index is 11.9. The zero-order valence-corrected chi connectivity index (χ0v) is 12.2. The van der Waals surface area contributed by atoms with Crippen LogP contribution in [-0.4, -0.2) is 36.3 Å². The second-order valence-corrected chi connectivity index (χ2v) is 5.54. The summed E-state index contributed by atoms with van der Waals surface area (Å²) in [6.45, 7) is 1.27. The van der Waals surface area contributed by atoms with E-state index in [2.05, 4.69) is 9.97 Å². The molecule has 0 bridgehead atoms. The van der Waals surface area contributed by atoms with E-state index < -0.39 is 5.60 Å². The number of H-pyrrole nitrogens is 1. The van der Waals surface area contributed by atoms with Crippen LogP contribution in [0.25, 0.3) is 11.3 Å². The molecule has 6 nitrogen and oxygen atoms in total. The number of aromatic amines is 1. The Labute approximate surface area is 127 Å². The van der Waals surface area contributed by atoms with Gasteiger partial charge in [0.25, 0.3) is 0 Å². The summed E-state index contributed by atoms with van der Waals surface area (Å²) in [5, 5.41) is 0. The Morgan fingerprint density at radius 3 is 3.00 bits per heavy atom. The number of fused-ring (bicyclic) bond motifs is 4. The van der Waals surface area contributed by atoms with Crippen molar-refractivity contribution in [1.29, 1.82) is 0 Å². The maximum absolute atomic E-state index is 11.9. The number of pyridine rings is 1. The first kappa shape index (κ1) is 13.3. The van der Waals surface area contributed by atoms with Crippen molar-refractivity contribution in [3.8, 4) is 17.0 Å². The lowest BCUT2D eigenvalue weighted by Gasteiger charge is -2.41. The van der Waals surface area contributed by atoms with Crippen LogP contribution in [0.1, 0.15) is 28.9 Å². The standard InChI is InChI=1S/C16H16N2O4/c1-20-15(19)12-8-11-14(18-12)10-2-5-17-9-13(10)22-16(11)3-6-21-7-4-16/h2,5,8-9,18H,3-4,6-7H2,1H3. The van der Waals surface area contributed by atoms with E-state index in [0.717, 1.165) is 35.4 Å². The van der Waals surface area contributed by atoms with Gasteiger partial charge in [0.1, 0.15) is 17.0 Å². The van der Waals surface area contributed by atoms with Crippen molar-refractivity contribution in [2.45, 2.75) is 18.4 Å². The highest BCUT2D eigenvalue weighted by molar-refractivity contribution is 5.90. The Hall–Kier alpha value is -2.34. The van der Waals surface area contributed by atoms with Gasteiger partial charge in [0, 0.05) is 30.2 Å². The second kappa shape index (κ2) is 4.84. The van der Waals surface area contributed by atoms with E-state index in [0.29, 0.717) is 18.9 Å². The molecule has 0 unspecified atom stereocenters. The van der Waals surface area contributed by atoms with Gasteiger partial charge in [-0.25, -0.2) is 4.79 Å². The lowest BCUT2D eigenvalue weighted by molar-refractivity contribution is -0.0515. The van der Waals surface area contributed by atoms with Gasteiger partial charge in [-0.3, -0.25) is 4.98 Å². The highest BCUT2D eigenvalue weighted by Gasteiger charge is 2.44. The third kappa shape index (κ3) is 1.84. The van der Waals surface area contributed by atoms with E-state index in [4.69, 9.17) is 14.2 Å². The average Bonchev–Trinajstić information content (AvgIpc) is 3.02. The molecule has 2 aromatic heterocycles. The number of rotatable bonds is 1. The first-order chi connectivity index (χ1) is 10.7. The Morgan fingerprint density at radius 1 is 1.41 bits per heavy atom. The third-order valence-electron chi connectivity index (χ3n) is 4.37. The summed E-state index contributed by atoms with van der Waals surface area (Å²) < 4.78 is 16.6. The molecule has 0 radical (unpaired) electrons. The number of nitrogens with one attached hydrogen (secondary N) is 1. The fourth-order valence-electron chi connectivity index (χ4n) is 3.25. The Bertz CT molecular complexity index is 731. The number of nitrogens with zero attached hydrogens (tertiary/aromatic N) is 1. The van der Waals surface area contributed by atoms with Crippen LogP contribution in [-0.2, 0) is 15.1 Å². The van der Waals surface area contributed by atoms with Crippen molar-refractivity contribution in [3.05, 3.63) is 35.8 Å². The molecular formula is C16H16N2O4. The molecule has 2 aromatic rings. The van der Waals surface area contributed by atoms with Gasteiger partial charge in [-0.15, -0.1) is 0 Å². The summed E-state index contributed by atoms with van der Waals surface area (Å²) in [4.78, 5) is 19.2. The third-order valence-corrected chi connectivity index (χ3v) is 4.37. The number of esters is 1. The predicted molar refractivity (Wildman–Crippen MR) is 77.7 cm³/mol. The Kier molecular flexibility index (Phi) is 2.94. The minimum absolute atomic E-state index is 0.382. The SMILES string of the molecule is COC(=O)c1cc2c([nH]1)-c1ccncc1OC21CCOCC1. The largest absolute Gasteiger partial charge is 0.480 e. The van der Waals surface area contributed by atoms with Crippen molar-refractivity contribution >= 4 is 5.97 Å². The van der Waals surface area contributed by atoms with Crippen molar-refractivity contribution < 1.29 is 19.0 Å². The first-order valence-corrected chi connectivity index (χ1v) is 7.26. The van der Waals surface area contributed by atoms with E-state index in [-0.39, 0.29) is 5.97 Å². The quantitative estimate of drug-likeness (QED) is 0.818. The van der Waals surface area contributed by atoms with Crippen LogP contribution in [0.15, 0.2) is 24.5 Å². The highest BCUT2D eigenvalue weighted by atomic mass is 16.5. The van der Waals surface area contributed by atoms with Gasteiger partial charge in [0.05, 0.1) is 32.2 Å². The molecule has 2 aliphatic rings. The van der Waals surface area contributed by atoms with E-state index in [9.17, 15) is 4.79 Å². The average molecular weight is 300 g/mol. The summed E-state index contributed by atoms with van der Waals surface area (Å²) in [5.41, 5.74) is 2.79. The molecule has 0 aliphatic carbocycles. The maximum Gasteiger partial charge on any atom is 0.354 e. The Morgan fingerprint density at radius 2 is 2.23 bits per heavy atom. The Balaban J connectivity index is 1.91. The number of hydrogen-bond donors (Lipinski definition) is 1. The van der Waals surface area contributed by atoms with Crippen molar-refractivity contribution in [3.63, 3.8) is 0 Å². The fourth-order valence-corrected chi connectivity index (χ4v) is 3.25. The van der Waals surface area contributed by atoms with Crippen molar-refractivity contribution in [2.24, 2.45) is 0 Å². The molecule has 1 fully saturated rings. The molecule has 1 saturated heterocycles. The molecule has 6 heteroatoms. The smallest absolute Gasteiger partial charge is 0.354 e. The summed E-state index contributed by atoms with van der Waals surface area (Å²) in [5.74, 6) is 0.349. The highest BCUT2D eigenvalue weighted by Crippen LogP contribution is 2.49. The molecule has 1 N–H and O–H groups in total. The van der Waals surface area contributed by atoms with Gasteiger partial charge in [-0.2, -0.15) is 0 Å². The van der Waals surface area contributed by atoms with E-state index >= 15 is 0 Å². The van der Waals surface area contributed by atoms with Gasteiger partial charge in [-0.1, -0.05) is 0 Å². The monoisotopic (exact) mass is 300 g/mol. The van der Waals surface area contributed by atoms with Crippen LogP contribution < -0.4 is 4.74 Å². The van der Waals surface area contributed by atoms with Gasteiger partial charge >= 0.3 is 5.97 Å². The lowest BCUT2D eigenvalue weighted by atomic mass is 9.82. The topological polar surface area (TPSA) is 73.4 Å². The summed E-state index contributed by atoms with van der Waals surface area (Å²) in [7, 11) is 1.38. The van der Waals surface area contributed by atoms with Crippen LogP contribution >= 0.6 is 0 Å². The molecular weight excluding hydrogens is 284 g/mol. The molecule has 0 aromatic carbocycles. The molecule has 1 spiro atoms. The number of carbonyl (C=O) groups excluding carboxylic acids is 1. The van der Waals surface area contributed by atoms with Crippen LogP contribution in [0.2, 0.25) is 0 Å². The normalized spacial score (nSPS) is 18.2. The molecule has 4 heterocycles. The number of ether oxygens (including phenoxy) is 3. The molecule has 0 atom stereocenters. The van der Waals surface area contributed by atoms with Crippen LogP contribution in [0.5, 0.6) is 5.75 Å². The van der Waals surface area contributed by atoms with E-state index in [1.54, 1.807) is 12.4 Å². The van der Waals surface area contributed by atoms with Crippen molar-refractivity contribution in [2.75, 3.05) is 20.3 Å².